The van der Waals surface area contributed by atoms with Crippen molar-refractivity contribution in [2.75, 3.05) is 52.8 Å². The van der Waals surface area contributed by atoms with E-state index in [4.69, 9.17) is 10.5 Å². The summed E-state index contributed by atoms with van der Waals surface area (Å²) in [5.74, 6) is 6.81. The molecule has 4 N–H and O–H groups in total. The molecule has 3 rings (SSSR count). The molecule has 7 nitrogen and oxygen atoms in total. The lowest BCUT2D eigenvalue weighted by Crippen LogP contribution is -2.43. The Balaban J connectivity index is 1.74. The third-order valence-corrected chi connectivity index (χ3v) is 6.53. The SMILES string of the molecule is COc1ccc(NC(=O)N(CCC(CN)N(C)C)C[C@H](CO)c2ccc(C#Cc3ccccc3)cc2)cc1. The van der Waals surface area contributed by atoms with Gasteiger partial charge in [0, 0.05) is 48.4 Å². The van der Waals surface area contributed by atoms with E-state index in [9.17, 15) is 9.90 Å². The van der Waals surface area contributed by atoms with Crippen molar-refractivity contribution in [1.29, 1.82) is 0 Å². The van der Waals surface area contributed by atoms with Crippen molar-refractivity contribution >= 4 is 11.7 Å². The number of ether oxygens (including phenoxy) is 1. The number of likely N-dealkylation sites (N-methyl/N-ethyl adjacent to an activating group) is 1. The van der Waals surface area contributed by atoms with Gasteiger partial charge < -0.3 is 30.7 Å². The number of amides is 2. The second-order valence-corrected chi connectivity index (χ2v) is 9.36. The number of rotatable bonds is 11. The van der Waals surface area contributed by atoms with Gasteiger partial charge in [0.1, 0.15) is 5.75 Å². The number of nitrogens with one attached hydrogen (secondary N) is 1. The average molecular weight is 515 g/mol. The number of hydrogen-bond donors (Lipinski definition) is 3. The highest BCUT2D eigenvalue weighted by Gasteiger charge is 2.22. The summed E-state index contributed by atoms with van der Waals surface area (Å²) < 4.78 is 5.21. The third-order valence-electron chi connectivity index (χ3n) is 6.53. The number of aliphatic hydroxyl groups is 1. The summed E-state index contributed by atoms with van der Waals surface area (Å²) in [5, 5.41) is 13.2. The van der Waals surface area contributed by atoms with Crippen molar-refractivity contribution in [3.8, 4) is 17.6 Å². The summed E-state index contributed by atoms with van der Waals surface area (Å²) in [6.45, 7) is 1.27. The zero-order valence-corrected chi connectivity index (χ0v) is 22.4. The maximum atomic E-state index is 13.3. The van der Waals surface area contributed by atoms with E-state index < -0.39 is 0 Å². The molecular weight excluding hydrogens is 476 g/mol. The number of methoxy groups -OCH3 is 1. The monoisotopic (exact) mass is 514 g/mol. The van der Waals surface area contributed by atoms with Crippen molar-refractivity contribution in [3.05, 3.63) is 95.6 Å². The Hall–Kier alpha value is -3.83. The highest BCUT2D eigenvalue weighted by molar-refractivity contribution is 5.89. The van der Waals surface area contributed by atoms with Gasteiger partial charge in [-0.05, 0) is 74.6 Å². The molecule has 7 heteroatoms. The molecule has 0 heterocycles. The summed E-state index contributed by atoms with van der Waals surface area (Å²) in [6, 6.07) is 24.8. The highest BCUT2D eigenvalue weighted by atomic mass is 16.5. The zero-order chi connectivity index (χ0) is 27.3. The second-order valence-electron chi connectivity index (χ2n) is 9.36. The molecule has 3 aromatic carbocycles. The lowest BCUT2D eigenvalue weighted by atomic mass is 9.98. The van der Waals surface area contributed by atoms with E-state index >= 15 is 0 Å². The predicted molar refractivity (Wildman–Crippen MR) is 153 cm³/mol. The molecule has 1 unspecified atom stereocenters. The fourth-order valence-corrected chi connectivity index (χ4v) is 4.08. The van der Waals surface area contributed by atoms with Gasteiger partial charge in [0.25, 0.3) is 0 Å². The van der Waals surface area contributed by atoms with E-state index in [0.29, 0.717) is 37.5 Å². The van der Waals surface area contributed by atoms with Gasteiger partial charge >= 0.3 is 6.03 Å². The first-order valence-corrected chi connectivity index (χ1v) is 12.8. The molecule has 0 aliphatic rings. The van der Waals surface area contributed by atoms with Crippen LogP contribution < -0.4 is 15.8 Å². The van der Waals surface area contributed by atoms with Crippen LogP contribution in [-0.2, 0) is 0 Å². The maximum Gasteiger partial charge on any atom is 0.321 e. The van der Waals surface area contributed by atoms with Gasteiger partial charge in [0.2, 0.25) is 0 Å². The summed E-state index contributed by atoms with van der Waals surface area (Å²) in [7, 11) is 5.57. The first-order chi connectivity index (χ1) is 18.4. The molecule has 0 aliphatic carbocycles. The Morgan fingerprint density at radius 3 is 2.16 bits per heavy atom. The van der Waals surface area contributed by atoms with E-state index in [2.05, 4.69) is 22.1 Å². The smallest absolute Gasteiger partial charge is 0.321 e. The lowest BCUT2D eigenvalue weighted by molar-refractivity contribution is 0.181. The number of aliphatic hydroxyl groups excluding tert-OH is 1. The molecule has 0 bridgehead atoms. The van der Waals surface area contributed by atoms with Crippen molar-refractivity contribution in [3.63, 3.8) is 0 Å². The minimum Gasteiger partial charge on any atom is -0.497 e. The molecule has 0 aliphatic heterocycles. The molecule has 0 saturated carbocycles. The average Bonchev–Trinajstić information content (AvgIpc) is 2.95. The Bertz CT molecular complexity index is 1190. The van der Waals surface area contributed by atoms with Crippen LogP contribution in [0.4, 0.5) is 10.5 Å². The molecule has 0 fully saturated rings. The third kappa shape index (κ3) is 8.63. The van der Waals surface area contributed by atoms with Gasteiger partial charge in [0.05, 0.1) is 13.7 Å². The van der Waals surface area contributed by atoms with Gasteiger partial charge in [0.15, 0.2) is 0 Å². The number of nitrogens with two attached hydrogens (primary N) is 1. The van der Waals surface area contributed by atoms with Crippen LogP contribution in [0.25, 0.3) is 0 Å². The van der Waals surface area contributed by atoms with Crippen LogP contribution in [0, 0.1) is 11.8 Å². The second kappa shape index (κ2) is 14.8. The first kappa shape index (κ1) is 28.7. The van der Waals surface area contributed by atoms with Crippen LogP contribution in [-0.4, -0.2) is 74.4 Å². The number of carbonyl (C=O) groups excluding carboxylic acids is 1. The van der Waals surface area contributed by atoms with Crippen LogP contribution in [0.2, 0.25) is 0 Å². The lowest BCUT2D eigenvalue weighted by Gasteiger charge is -2.30. The Morgan fingerprint density at radius 1 is 0.974 bits per heavy atom. The summed E-state index contributed by atoms with van der Waals surface area (Å²) in [6.07, 6.45) is 0.714. The standard InChI is InChI=1S/C31H38N4O3/c1-34(2)29(21-32)19-20-35(31(37)33-28-15-17-30(38-3)18-16-28)22-27(23-36)26-13-11-25(12-14-26)10-9-24-7-5-4-6-8-24/h4-8,11-18,27,29,36H,19-23,32H2,1-3H3,(H,33,37)/t27-,29?/m1/s1. The molecule has 200 valence electrons. The van der Waals surface area contributed by atoms with Crippen LogP contribution in [0.15, 0.2) is 78.9 Å². The van der Waals surface area contributed by atoms with Gasteiger partial charge in [-0.3, -0.25) is 0 Å². The summed E-state index contributed by atoms with van der Waals surface area (Å²) in [4.78, 5) is 17.2. The molecular formula is C31H38N4O3. The van der Waals surface area contributed by atoms with E-state index in [-0.39, 0.29) is 24.6 Å². The fourth-order valence-electron chi connectivity index (χ4n) is 4.08. The molecule has 2 atom stereocenters. The fraction of sp³-hybridized carbons (Fsp3) is 0.323. The molecule has 0 radical (unpaired) electrons. The van der Waals surface area contributed by atoms with Gasteiger partial charge in [-0.2, -0.15) is 0 Å². The molecule has 0 spiro atoms. The van der Waals surface area contributed by atoms with Crippen LogP contribution in [0.1, 0.15) is 29.0 Å². The minimum absolute atomic E-state index is 0.0879. The largest absolute Gasteiger partial charge is 0.497 e. The molecule has 38 heavy (non-hydrogen) atoms. The van der Waals surface area contributed by atoms with Gasteiger partial charge in [-0.25, -0.2) is 4.79 Å². The van der Waals surface area contributed by atoms with Crippen LogP contribution in [0.3, 0.4) is 0 Å². The first-order valence-electron chi connectivity index (χ1n) is 12.8. The van der Waals surface area contributed by atoms with Crippen molar-refractivity contribution in [1.82, 2.24) is 9.80 Å². The minimum atomic E-state index is -0.247. The Kier molecular flexibility index (Phi) is 11.2. The number of carbonyl (C=O) groups is 1. The number of hydrogen-bond acceptors (Lipinski definition) is 5. The Labute approximate surface area is 226 Å². The van der Waals surface area contributed by atoms with Crippen LogP contribution >= 0.6 is 0 Å². The number of nitrogens with zero attached hydrogens (tertiary/aromatic N) is 2. The van der Waals surface area contributed by atoms with E-state index in [1.165, 1.54) is 0 Å². The number of anilines is 1. The van der Waals surface area contributed by atoms with Gasteiger partial charge in [-0.1, -0.05) is 42.2 Å². The topological polar surface area (TPSA) is 91.1 Å². The van der Waals surface area contributed by atoms with Crippen molar-refractivity contribution in [2.24, 2.45) is 5.73 Å². The van der Waals surface area contributed by atoms with Crippen molar-refractivity contribution in [2.45, 2.75) is 18.4 Å². The highest BCUT2D eigenvalue weighted by Crippen LogP contribution is 2.20. The zero-order valence-electron chi connectivity index (χ0n) is 22.4. The molecule has 3 aromatic rings. The van der Waals surface area contributed by atoms with Gasteiger partial charge in [-0.15, -0.1) is 0 Å². The molecule has 0 aromatic heterocycles. The normalized spacial score (nSPS) is 12.3. The van der Waals surface area contributed by atoms with E-state index in [0.717, 1.165) is 16.7 Å². The quantitative estimate of drug-likeness (QED) is 0.337. The predicted octanol–water partition coefficient (Wildman–Crippen LogP) is 3.98. The summed E-state index contributed by atoms with van der Waals surface area (Å²) >= 11 is 0. The number of benzene rings is 3. The molecule has 2 amide bonds. The maximum absolute atomic E-state index is 13.3. The van der Waals surface area contributed by atoms with Crippen LogP contribution in [0.5, 0.6) is 5.75 Å². The van der Waals surface area contributed by atoms with E-state index in [1.807, 2.05) is 68.7 Å². The van der Waals surface area contributed by atoms with E-state index in [1.54, 1.807) is 36.3 Å². The molecule has 0 saturated heterocycles. The van der Waals surface area contributed by atoms with Crippen molar-refractivity contribution < 1.29 is 14.6 Å². The Morgan fingerprint density at radius 2 is 1.61 bits per heavy atom. The summed E-state index contributed by atoms with van der Waals surface area (Å²) in [5.41, 5.74) is 9.42. The number of urea groups is 1.